The summed E-state index contributed by atoms with van der Waals surface area (Å²) in [5.74, 6) is 0.337. The highest BCUT2D eigenvalue weighted by Crippen LogP contribution is 2.19. The third kappa shape index (κ3) is 8.74. The highest BCUT2D eigenvalue weighted by Gasteiger charge is 2.18. The number of carbonyl (C=O) groups excluding carboxylic acids is 2. The van der Waals surface area contributed by atoms with E-state index in [1.54, 1.807) is 6.92 Å². The minimum absolute atomic E-state index is 0. The lowest BCUT2D eigenvalue weighted by Gasteiger charge is -2.16. The molecular formula is C28H33ClN2O4. The molecule has 186 valence electrons. The maximum Gasteiger partial charge on any atom is 0.323 e. The van der Waals surface area contributed by atoms with E-state index in [4.69, 9.17) is 9.47 Å². The van der Waals surface area contributed by atoms with Crippen LogP contribution >= 0.6 is 12.4 Å². The number of hydrogen-bond donors (Lipinski definition) is 2. The van der Waals surface area contributed by atoms with Gasteiger partial charge in [0.05, 0.1) is 13.2 Å². The molecule has 1 unspecified atom stereocenters. The van der Waals surface area contributed by atoms with Gasteiger partial charge in [0, 0.05) is 5.56 Å². The van der Waals surface area contributed by atoms with Crippen molar-refractivity contribution in [3.8, 4) is 16.9 Å². The van der Waals surface area contributed by atoms with Crippen molar-refractivity contribution in [2.24, 2.45) is 0 Å². The second-order valence-electron chi connectivity index (χ2n) is 7.76. The fourth-order valence-corrected chi connectivity index (χ4v) is 3.57. The van der Waals surface area contributed by atoms with Crippen LogP contribution in [-0.4, -0.2) is 44.2 Å². The van der Waals surface area contributed by atoms with Crippen LogP contribution < -0.4 is 15.4 Å². The fraction of sp³-hybridized carbons (Fsp3) is 0.286. The Morgan fingerprint density at radius 3 is 2.14 bits per heavy atom. The van der Waals surface area contributed by atoms with Crippen LogP contribution in [0.4, 0.5) is 0 Å². The summed E-state index contributed by atoms with van der Waals surface area (Å²) in [6.45, 7) is 5.57. The quantitative estimate of drug-likeness (QED) is 0.281. The van der Waals surface area contributed by atoms with Crippen molar-refractivity contribution in [2.75, 3.05) is 26.3 Å². The average molecular weight is 497 g/mol. The number of esters is 1. The Bertz CT molecular complexity index is 1040. The molecule has 3 aromatic rings. The molecule has 2 N–H and O–H groups in total. The molecule has 3 rings (SSSR count). The maximum atomic E-state index is 12.4. The number of halogens is 1. The van der Waals surface area contributed by atoms with Crippen molar-refractivity contribution in [3.05, 3.63) is 90.0 Å². The van der Waals surface area contributed by atoms with E-state index in [1.807, 2.05) is 85.8 Å². The van der Waals surface area contributed by atoms with Crippen LogP contribution in [0.25, 0.3) is 11.1 Å². The maximum absolute atomic E-state index is 12.4. The molecule has 0 heterocycles. The van der Waals surface area contributed by atoms with Crippen LogP contribution in [0.3, 0.4) is 0 Å². The van der Waals surface area contributed by atoms with Crippen molar-refractivity contribution in [1.82, 2.24) is 10.6 Å². The molecule has 0 radical (unpaired) electrons. The highest BCUT2D eigenvalue weighted by molar-refractivity contribution is 5.94. The Kier molecular flexibility index (Phi) is 11.8. The lowest BCUT2D eigenvalue weighted by atomic mass is 10.0. The van der Waals surface area contributed by atoms with Gasteiger partial charge in [0.15, 0.2) is 0 Å². The average Bonchev–Trinajstić information content (AvgIpc) is 2.88. The Hall–Kier alpha value is -3.35. The summed E-state index contributed by atoms with van der Waals surface area (Å²) in [6, 6.07) is 24.8. The standard InChI is InChI=1S/C28H32N2O4.ClH/c1-3-29-26(28(32)33-4-2)20-21-10-16-25(17-11-21)34-19-18-30-27(31)24-14-12-23(13-15-24)22-8-6-5-7-9-22;/h5-17,26,29H,3-4,18-20H2,1-2H3,(H,30,31);1H. The molecule has 1 amide bonds. The normalized spacial score (nSPS) is 11.1. The van der Waals surface area contributed by atoms with E-state index >= 15 is 0 Å². The summed E-state index contributed by atoms with van der Waals surface area (Å²) < 4.78 is 10.9. The van der Waals surface area contributed by atoms with Crippen LogP contribution in [0.1, 0.15) is 29.8 Å². The van der Waals surface area contributed by atoms with Gasteiger partial charge in [-0.2, -0.15) is 0 Å². The first-order chi connectivity index (χ1) is 16.6. The Labute approximate surface area is 213 Å². The first kappa shape index (κ1) is 27.9. The van der Waals surface area contributed by atoms with Crippen molar-refractivity contribution in [2.45, 2.75) is 26.3 Å². The number of amides is 1. The summed E-state index contributed by atoms with van der Waals surface area (Å²) >= 11 is 0. The monoisotopic (exact) mass is 496 g/mol. The SMILES string of the molecule is CCNC(Cc1ccc(OCCNC(=O)c2ccc(-c3ccccc3)cc2)cc1)C(=O)OCC.Cl. The van der Waals surface area contributed by atoms with Gasteiger partial charge in [-0.3, -0.25) is 9.59 Å². The van der Waals surface area contributed by atoms with Crippen LogP contribution in [0.15, 0.2) is 78.9 Å². The van der Waals surface area contributed by atoms with Gasteiger partial charge in [0.25, 0.3) is 5.91 Å². The molecule has 0 saturated carbocycles. The lowest BCUT2D eigenvalue weighted by molar-refractivity contribution is -0.145. The van der Waals surface area contributed by atoms with Gasteiger partial charge in [0.2, 0.25) is 0 Å². The Morgan fingerprint density at radius 1 is 0.857 bits per heavy atom. The molecule has 0 aliphatic carbocycles. The number of likely N-dealkylation sites (N-methyl/N-ethyl adjacent to an activating group) is 1. The van der Waals surface area contributed by atoms with Gasteiger partial charge >= 0.3 is 5.97 Å². The summed E-state index contributed by atoms with van der Waals surface area (Å²) in [4.78, 5) is 24.5. The largest absolute Gasteiger partial charge is 0.492 e. The van der Waals surface area contributed by atoms with Crippen molar-refractivity contribution >= 4 is 24.3 Å². The highest BCUT2D eigenvalue weighted by atomic mass is 35.5. The summed E-state index contributed by atoms with van der Waals surface area (Å²) in [5.41, 5.74) is 3.81. The number of ether oxygens (including phenoxy) is 2. The molecule has 1 atom stereocenters. The summed E-state index contributed by atoms with van der Waals surface area (Å²) in [5, 5.41) is 6.04. The van der Waals surface area contributed by atoms with E-state index in [-0.39, 0.29) is 30.3 Å². The Balaban J connectivity index is 0.00000432. The van der Waals surface area contributed by atoms with Crippen LogP contribution in [0, 0.1) is 0 Å². The zero-order chi connectivity index (χ0) is 24.2. The predicted octanol–water partition coefficient (Wildman–Crippen LogP) is 4.67. The fourth-order valence-electron chi connectivity index (χ4n) is 3.57. The molecule has 0 aliphatic heterocycles. The molecule has 35 heavy (non-hydrogen) atoms. The molecule has 0 spiro atoms. The van der Waals surface area contributed by atoms with E-state index in [0.29, 0.717) is 44.0 Å². The topological polar surface area (TPSA) is 76.7 Å². The zero-order valence-electron chi connectivity index (χ0n) is 20.2. The third-order valence-electron chi connectivity index (χ3n) is 5.30. The van der Waals surface area contributed by atoms with E-state index in [0.717, 1.165) is 16.7 Å². The summed E-state index contributed by atoms with van der Waals surface area (Å²) in [7, 11) is 0. The van der Waals surface area contributed by atoms with Gasteiger partial charge in [-0.15, -0.1) is 12.4 Å². The zero-order valence-corrected chi connectivity index (χ0v) is 21.0. The smallest absolute Gasteiger partial charge is 0.323 e. The Morgan fingerprint density at radius 2 is 1.51 bits per heavy atom. The van der Waals surface area contributed by atoms with E-state index in [1.165, 1.54) is 0 Å². The molecule has 6 nitrogen and oxygen atoms in total. The lowest BCUT2D eigenvalue weighted by Crippen LogP contribution is -2.39. The van der Waals surface area contributed by atoms with Crippen molar-refractivity contribution < 1.29 is 19.1 Å². The third-order valence-corrected chi connectivity index (χ3v) is 5.30. The minimum Gasteiger partial charge on any atom is -0.492 e. The number of hydrogen-bond acceptors (Lipinski definition) is 5. The van der Waals surface area contributed by atoms with Gasteiger partial charge in [0.1, 0.15) is 18.4 Å². The molecule has 3 aromatic carbocycles. The van der Waals surface area contributed by atoms with Gasteiger partial charge in [-0.25, -0.2) is 0 Å². The van der Waals surface area contributed by atoms with E-state index in [9.17, 15) is 9.59 Å². The van der Waals surface area contributed by atoms with Crippen LogP contribution in [-0.2, 0) is 16.0 Å². The second-order valence-corrected chi connectivity index (χ2v) is 7.76. The molecular weight excluding hydrogens is 464 g/mol. The molecule has 0 bridgehead atoms. The summed E-state index contributed by atoms with van der Waals surface area (Å²) in [6.07, 6.45) is 0.548. The number of rotatable bonds is 12. The molecule has 0 aliphatic rings. The second kappa shape index (κ2) is 14.8. The van der Waals surface area contributed by atoms with Gasteiger partial charge in [-0.1, -0.05) is 61.5 Å². The molecule has 0 aromatic heterocycles. The first-order valence-electron chi connectivity index (χ1n) is 11.7. The van der Waals surface area contributed by atoms with E-state index < -0.39 is 0 Å². The molecule has 0 fully saturated rings. The van der Waals surface area contributed by atoms with Crippen LogP contribution in [0.5, 0.6) is 5.75 Å². The van der Waals surface area contributed by atoms with Crippen LogP contribution in [0.2, 0.25) is 0 Å². The predicted molar refractivity (Wildman–Crippen MR) is 141 cm³/mol. The minimum atomic E-state index is -0.367. The number of benzene rings is 3. The van der Waals surface area contributed by atoms with Crippen molar-refractivity contribution in [1.29, 1.82) is 0 Å². The van der Waals surface area contributed by atoms with Gasteiger partial charge in [-0.05, 0) is 60.8 Å². The number of carbonyl (C=O) groups is 2. The molecule has 7 heteroatoms. The van der Waals surface area contributed by atoms with E-state index in [2.05, 4.69) is 10.6 Å². The van der Waals surface area contributed by atoms with Crippen molar-refractivity contribution in [3.63, 3.8) is 0 Å². The number of nitrogens with one attached hydrogen (secondary N) is 2. The molecule has 0 saturated heterocycles. The first-order valence-corrected chi connectivity index (χ1v) is 11.7. The van der Waals surface area contributed by atoms with Gasteiger partial charge < -0.3 is 20.1 Å².